The van der Waals surface area contributed by atoms with E-state index in [1.807, 2.05) is 24.3 Å². The Morgan fingerprint density at radius 2 is 1.57 bits per heavy atom. The summed E-state index contributed by atoms with van der Waals surface area (Å²) in [7, 11) is 0. The maximum atomic E-state index is 12.6. The quantitative estimate of drug-likeness (QED) is 0.687. The van der Waals surface area contributed by atoms with E-state index in [-0.39, 0.29) is 5.78 Å². The van der Waals surface area contributed by atoms with E-state index in [1.54, 1.807) is 36.6 Å². The lowest BCUT2D eigenvalue weighted by atomic mass is 10.0. The average molecular weight is 306 g/mol. The van der Waals surface area contributed by atoms with Gasteiger partial charge in [0.25, 0.3) is 0 Å². The summed E-state index contributed by atoms with van der Waals surface area (Å²) >= 11 is 0. The predicted octanol–water partition coefficient (Wildman–Crippen LogP) is 3.95. The Hall–Kier alpha value is -3.01. The van der Waals surface area contributed by atoms with Gasteiger partial charge in [-0.15, -0.1) is 0 Å². The van der Waals surface area contributed by atoms with Crippen molar-refractivity contribution >= 4 is 5.78 Å². The van der Waals surface area contributed by atoms with Crippen LogP contribution >= 0.6 is 0 Å². The maximum Gasteiger partial charge on any atom is 0.193 e. The van der Waals surface area contributed by atoms with Crippen molar-refractivity contribution in [2.24, 2.45) is 0 Å². The third-order valence-corrected chi connectivity index (χ3v) is 3.76. The van der Waals surface area contributed by atoms with E-state index in [1.165, 1.54) is 0 Å². The number of hydrogen-bond donors (Lipinski definition) is 0. The van der Waals surface area contributed by atoms with Gasteiger partial charge in [-0.1, -0.05) is 24.3 Å². The van der Waals surface area contributed by atoms with Crippen LogP contribution in [0.2, 0.25) is 0 Å². The SMILES string of the molecule is O=C(c1ccc(-c2ccco2)cc1)c1ccc2c(c1)OCCO2. The van der Waals surface area contributed by atoms with Crippen molar-refractivity contribution < 1.29 is 18.7 Å². The van der Waals surface area contributed by atoms with E-state index in [0.29, 0.717) is 35.8 Å². The molecular formula is C19H14O4. The van der Waals surface area contributed by atoms with Crippen LogP contribution in [0.1, 0.15) is 15.9 Å². The monoisotopic (exact) mass is 306 g/mol. The molecule has 4 heteroatoms. The van der Waals surface area contributed by atoms with Crippen LogP contribution in [0.4, 0.5) is 0 Å². The Bertz CT molecular complexity index is 832. The molecule has 2 heterocycles. The minimum atomic E-state index is -0.0482. The zero-order valence-corrected chi connectivity index (χ0v) is 12.3. The van der Waals surface area contributed by atoms with Crippen LogP contribution in [-0.2, 0) is 0 Å². The topological polar surface area (TPSA) is 48.7 Å². The number of furan rings is 1. The summed E-state index contributed by atoms with van der Waals surface area (Å²) in [5, 5.41) is 0. The third kappa shape index (κ3) is 2.59. The summed E-state index contributed by atoms with van der Waals surface area (Å²) in [6, 6.07) is 16.4. The van der Waals surface area contributed by atoms with E-state index in [2.05, 4.69) is 0 Å². The van der Waals surface area contributed by atoms with Crippen LogP contribution < -0.4 is 9.47 Å². The number of rotatable bonds is 3. The smallest absolute Gasteiger partial charge is 0.193 e. The molecule has 0 radical (unpaired) electrons. The molecule has 114 valence electrons. The van der Waals surface area contributed by atoms with Crippen molar-refractivity contribution in [1.82, 2.24) is 0 Å². The predicted molar refractivity (Wildman–Crippen MR) is 85.0 cm³/mol. The Labute approximate surface area is 133 Å². The molecule has 4 rings (SSSR count). The molecule has 23 heavy (non-hydrogen) atoms. The van der Waals surface area contributed by atoms with Gasteiger partial charge in [0.15, 0.2) is 17.3 Å². The minimum Gasteiger partial charge on any atom is -0.486 e. The second-order valence-electron chi connectivity index (χ2n) is 5.24. The van der Waals surface area contributed by atoms with Gasteiger partial charge in [-0.25, -0.2) is 0 Å². The summed E-state index contributed by atoms with van der Waals surface area (Å²) in [6.07, 6.45) is 1.63. The zero-order chi connectivity index (χ0) is 15.6. The zero-order valence-electron chi connectivity index (χ0n) is 12.3. The molecule has 0 N–H and O–H groups in total. The first-order valence-electron chi connectivity index (χ1n) is 7.39. The van der Waals surface area contributed by atoms with E-state index in [4.69, 9.17) is 13.9 Å². The molecule has 0 saturated carbocycles. The largest absolute Gasteiger partial charge is 0.486 e. The summed E-state index contributed by atoms with van der Waals surface area (Å²) < 4.78 is 16.4. The third-order valence-electron chi connectivity index (χ3n) is 3.76. The second-order valence-corrected chi connectivity index (χ2v) is 5.24. The molecule has 1 aromatic heterocycles. The lowest BCUT2D eigenvalue weighted by Crippen LogP contribution is -2.15. The van der Waals surface area contributed by atoms with Gasteiger partial charge < -0.3 is 13.9 Å². The van der Waals surface area contributed by atoms with Gasteiger partial charge in [-0.05, 0) is 30.3 Å². The van der Waals surface area contributed by atoms with Crippen molar-refractivity contribution in [2.75, 3.05) is 13.2 Å². The summed E-state index contributed by atoms with van der Waals surface area (Å²) in [4.78, 5) is 12.6. The molecule has 1 aliphatic rings. The normalized spacial score (nSPS) is 12.9. The second kappa shape index (κ2) is 5.65. The average Bonchev–Trinajstić information content (AvgIpc) is 3.15. The fraction of sp³-hybridized carbons (Fsp3) is 0.105. The molecule has 2 aromatic carbocycles. The number of benzene rings is 2. The summed E-state index contributed by atoms with van der Waals surface area (Å²) in [5.74, 6) is 2.03. The van der Waals surface area contributed by atoms with E-state index in [0.717, 1.165) is 11.3 Å². The van der Waals surface area contributed by atoms with E-state index >= 15 is 0 Å². The Balaban J connectivity index is 1.61. The van der Waals surface area contributed by atoms with Gasteiger partial charge in [0.2, 0.25) is 0 Å². The number of hydrogen-bond acceptors (Lipinski definition) is 4. The fourth-order valence-corrected chi connectivity index (χ4v) is 2.58. The van der Waals surface area contributed by atoms with Crippen LogP contribution in [0.3, 0.4) is 0 Å². The molecule has 0 fully saturated rings. The Kier molecular flexibility index (Phi) is 3.35. The fourth-order valence-electron chi connectivity index (χ4n) is 2.58. The van der Waals surface area contributed by atoms with Gasteiger partial charge >= 0.3 is 0 Å². The standard InChI is InChI=1S/C19H14O4/c20-19(15-7-8-17-18(12-15)23-11-10-22-17)14-5-3-13(4-6-14)16-2-1-9-21-16/h1-9,12H,10-11H2. The van der Waals surface area contributed by atoms with Gasteiger partial charge in [0, 0.05) is 16.7 Å². The summed E-state index contributed by atoms with van der Waals surface area (Å²) in [6.45, 7) is 1.04. The highest BCUT2D eigenvalue weighted by Gasteiger charge is 2.16. The molecule has 0 aliphatic carbocycles. The van der Waals surface area contributed by atoms with Gasteiger partial charge in [-0.2, -0.15) is 0 Å². The number of ketones is 1. The van der Waals surface area contributed by atoms with Crippen molar-refractivity contribution in [3.8, 4) is 22.8 Å². The molecule has 0 spiro atoms. The number of carbonyl (C=O) groups is 1. The first kappa shape index (κ1) is 13.6. The molecular weight excluding hydrogens is 292 g/mol. The molecule has 4 nitrogen and oxygen atoms in total. The van der Waals surface area contributed by atoms with Crippen LogP contribution in [0.5, 0.6) is 11.5 Å². The van der Waals surface area contributed by atoms with Crippen LogP contribution in [-0.4, -0.2) is 19.0 Å². The lowest BCUT2D eigenvalue weighted by molar-refractivity contribution is 0.103. The molecule has 3 aromatic rings. The first-order valence-corrected chi connectivity index (χ1v) is 7.39. The van der Waals surface area contributed by atoms with Gasteiger partial charge in [0.05, 0.1) is 6.26 Å². The van der Waals surface area contributed by atoms with Crippen molar-refractivity contribution in [3.63, 3.8) is 0 Å². The Morgan fingerprint density at radius 3 is 2.30 bits per heavy atom. The lowest BCUT2D eigenvalue weighted by Gasteiger charge is -2.18. The van der Waals surface area contributed by atoms with Crippen molar-refractivity contribution in [1.29, 1.82) is 0 Å². The number of carbonyl (C=O) groups excluding carboxylic acids is 1. The molecule has 0 atom stereocenters. The highest BCUT2D eigenvalue weighted by atomic mass is 16.6. The van der Waals surface area contributed by atoms with Crippen molar-refractivity contribution in [3.05, 3.63) is 72.0 Å². The van der Waals surface area contributed by atoms with Crippen LogP contribution in [0, 0.1) is 0 Å². The van der Waals surface area contributed by atoms with E-state index < -0.39 is 0 Å². The molecule has 0 amide bonds. The molecule has 1 aliphatic heterocycles. The highest BCUT2D eigenvalue weighted by molar-refractivity contribution is 6.09. The first-order chi connectivity index (χ1) is 11.3. The number of fused-ring (bicyclic) bond motifs is 1. The molecule has 0 saturated heterocycles. The Morgan fingerprint density at radius 1 is 0.826 bits per heavy atom. The van der Waals surface area contributed by atoms with Gasteiger partial charge in [0.1, 0.15) is 19.0 Å². The minimum absolute atomic E-state index is 0.0482. The van der Waals surface area contributed by atoms with Crippen LogP contribution in [0.25, 0.3) is 11.3 Å². The van der Waals surface area contributed by atoms with Crippen LogP contribution in [0.15, 0.2) is 65.3 Å². The van der Waals surface area contributed by atoms with Gasteiger partial charge in [-0.3, -0.25) is 4.79 Å². The molecule has 0 unspecified atom stereocenters. The van der Waals surface area contributed by atoms with Crippen molar-refractivity contribution in [2.45, 2.75) is 0 Å². The maximum absolute atomic E-state index is 12.6. The highest BCUT2D eigenvalue weighted by Crippen LogP contribution is 2.31. The number of ether oxygens (including phenoxy) is 2. The van der Waals surface area contributed by atoms with E-state index in [9.17, 15) is 4.79 Å². The summed E-state index contributed by atoms with van der Waals surface area (Å²) in [5.41, 5.74) is 2.14. The molecule has 0 bridgehead atoms.